The molecule has 4 aromatic rings. The fourth-order valence-electron chi connectivity index (χ4n) is 2.96. The zero-order valence-corrected chi connectivity index (χ0v) is 13.8. The maximum Gasteiger partial charge on any atom is 0.218 e. The van der Waals surface area contributed by atoms with Crippen molar-refractivity contribution in [3.63, 3.8) is 0 Å². The van der Waals surface area contributed by atoms with Crippen LogP contribution in [0.3, 0.4) is 0 Å². The Labute approximate surface area is 145 Å². The number of nitrogens with two attached hydrogens (primary N) is 1. The first kappa shape index (κ1) is 15.4. The van der Waals surface area contributed by atoms with E-state index in [1.165, 1.54) is 0 Å². The van der Waals surface area contributed by atoms with E-state index in [2.05, 4.69) is 4.98 Å². The summed E-state index contributed by atoms with van der Waals surface area (Å²) in [6, 6.07) is 21.4. The van der Waals surface area contributed by atoms with Crippen molar-refractivity contribution in [1.29, 1.82) is 0 Å². The SMILES string of the molecule is COc1ncc(-c2ccccc2)cc1C(N)c1cc2ccccc2o1. The molecule has 2 aromatic carbocycles. The molecule has 2 N–H and O–H groups in total. The van der Waals surface area contributed by atoms with Crippen molar-refractivity contribution in [2.45, 2.75) is 6.04 Å². The molecule has 0 fully saturated rings. The highest BCUT2D eigenvalue weighted by Crippen LogP contribution is 2.33. The molecular weight excluding hydrogens is 312 g/mol. The lowest BCUT2D eigenvalue weighted by atomic mass is 10.0. The molecule has 0 aliphatic heterocycles. The number of furan rings is 1. The highest BCUT2D eigenvalue weighted by molar-refractivity contribution is 5.78. The van der Waals surface area contributed by atoms with Crippen LogP contribution in [0.1, 0.15) is 17.4 Å². The van der Waals surface area contributed by atoms with Crippen LogP contribution in [-0.4, -0.2) is 12.1 Å². The van der Waals surface area contributed by atoms with Crippen molar-refractivity contribution < 1.29 is 9.15 Å². The number of ether oxygens (including phenoxy) is 1. The number of aromatic nitrogens is 1. The largest absolute Gasteiger partial charge is 0.481 e. The fraction of sp³-hybridized carbons (Fsp3) is 0.0952. The number of hydrogen-bond acceptors (Lipinski definition) is 4. The smallest absolute Gasteiger partial charge is 0.218 e. The number of nitrogens with zero attached hydrogens (tertiary/aromatic N) is 1. The third-order valence-corrected chi connectivity index (χ3v) is 4.27. The number of benzene rings is 2. The van der Waals surface area contributed by atoms with Crippen molar-refractivity contribution in [2.24, 2.45) is 5.73 Å². The van der Waals surface area contributed by atoms with Gasteiger partial charge in [-0.3, -0.25) is 0 Å². The van der Waals surface area contributed by atoms with Gasteiger partial charge in [-0.25, -0.2) is 4.98 Å². The first-order valence-corrected chi connectivity index (χ1v) is 8.09. The molecule has 0 amide bonds. The monoisotopic (exact) mass is 330 g/mol. The Morgan fingerprint density at radius 1 is 0.960 bits per heavy atom. The van der Waals surface area contributed by atoms with Gasteiger partial charge in [0.05, 0.1) is 13.2 Å². The molecule has 0 radical (unpaired) electrons. The van der Waals surface area contributed by atoms with Gasteiger partial charge in [0.1, 0.15) is 11.3 Å². The predicted octanol–water partition coefficient (Wildman–Crippen LogP) is 4.55. The molecule has 4 rings (SSSR count). The number of hydrogen-bond donors (Lipinski definition) is 1. The average molecular weight is 330 g/mol. The summed E-state index contributed by atoms with van der Waals surface area (Å²) in [7, 11) is 1.60. The molecule has 1 unspecified atom stereocenters. The van der Waals surface area contributed by atoms with Crippen LogP contribution in [-0.2, 0) is 0 Å². The second kappa shape index (κ2) is 6.42. The summed E-state index contributed by atoms with van der Waals surface area (Å²) < 4.78 is 11.3. The maximum atomic E-state index is 6.49. The molecule has 4 heteroatoms. The van der Waals surface area contributed by atoms with E-state index in [9.17, 15) is 0 Å². The minimum atomic E-state index is -0.460. The minimum Gasteiger partial charge on any atom is -0.481 e. The Hall–Kier alpha value is -3.11. The third-order valence-electron chi connectivity index (χ3n) is 4.27. The van der Waals surface area contributed by atoms with Gasteiger partial charge < -0.3 is 14.9 Å². The Morgan fingerprint density at radius 2 is 1.72 bits per heavy atom. The van der Waals surface area contributed by atoms with E-state index in [1.807, 2.05) is 66.7 Å². The first-order chi connectivity index (χ1) is 12.3. The molecule has 2 aromatic heterocycles. The average Bonchev–Trinajstić information content (AvgIpc) is 3.12. The summed E-state index contributed by atoms with van der Waals surface area (Å²) in [6.45, 7) is 0. The molecule has 0 spiro atoms. The Morgan fingerprint density at radius 3 is 2.48 bits per heavy atom. The summed E-state index contributed by atoms with van der Waals surface area (Å²) in [5.74, 6) is 1.19. The van der Waals surface area contributed by atoms with Gasteiger partial charge in [0, 0.05) is 22.7 Å². The lowest BCUT2D eigenvalue weighted by Crippen LogP contribution is -2.13. The maximum absolute atomic E-state index is 6.49. The van der Waals surface area contributed by atoms with Crippen LogP contribution in [0, 0.1) is 0 Å². The van der Waals surface area contributed by atoms with E-state index in [0.717, 1.165) is 27.7 Å². The number of para-hydroxylation sites is 1. The van der Waals surface area contributed by atoms with Gasteiger partial charge in [0.15, 0.2) is 0 Å². The lowest BCUT2D eigenvalue weighted by molar-refractivity contribution is 0.387. The minimum absolute atomic E-state index is 0.460. The first-order valence-electron chi connectivity index (χ1n) is 8.09. The molecule has 2 heterocycles. The van der Waals surface area contributed by atoms with Gasteiger partial charge in [0.25, 0.3) is 0 Å². The molecule has 0 saturated heterocycles. The zero-order chi connectivity index (χ0) is 17.2. The van der Waals surface area contributed by atoms with Gasteiger partial charge in [-0.05, 0) is 23.8 Å². The van der Waals surface area contributed by atoms with Crippen LogP contribution < -0.4 is 10.5 Å². The second-order valence-corrected chi connectivity index (χ2v) is 5.85. The van der Waals surface area contributed by atoms with Crippen LogP contribution in [0.25, 0.3) is 22.1 Å². The van der Waals surface area contributed by atoms with Crippen molar-refractivity contribution in [3.05, 3.63) is 84.3 Å². The summed E-state index contributed by atoms with van der Waals surface area (Å²) in [4.78, 5) is 4.43. The highest BCUT2D eigenvalue weighted by Gasteiger charge is 2.20. The third kappa shape index (κ3) is 2.88. The van der Waals surface area contributed by atoms with Gasteiger partial charge in [-0.2, -0.15) is 0 Å². The summed E-state index contributed by atoms with van der Waals surface area (Å²) in [5, 5.41) is 1.03. The van der Waals surface area contributed by atoms with E-state index in [-0.39, 0.29) is 0 Å². The number of pyridine rings is 1. The molecule has 0 aliphatic rings. The van der Waals surface area contributed by atoms with Crippen LogP contribution >= 0.6 is 0 Å². The van der Waals surface area contributed by atoms with Crippen LogP contribution in [0.15, 0.2) is 77.3 Å². The van der Waals surface area contributed by atoms with Crippen molar-refractivity contribution in [3.8, 4) is 17.0 Å². The Balaban J connectivity index is 1.79. The molecule has 0 bridgehead atoms. The highest BCUT2D eigenvalue weighted by atomic mass is 16.5. The predicted molar refractivity (Wildman–Crippen MR) is 98.5 cm³/mol. The van der Waals surface area contributed by atoms with Gasteiger partial charge in [0.2, 0.25) is 5.88 Å². The Bertz CT molecular complexity index is 976. The molecule has 1 atom stereocenters. The molecule has 0 saturated carbocycles. The summed E-state index contributed by atoms with van der Waals surface area (Å²) >= 11 is 0. The van der Waals surface area contributed by atoms with Gasteiger partial charge >= 0.3 is 0 Å². The molecular formula is C21H18N2O2. The number of fused-ring (bicyclic) bond motifs is 1. The molecule has 4 nitrogen and oxygen atoms in total. The van der Waals surface area contributed by atoms with Crippen LogP contribution in [0.5, 0.6) is 5.88 Å². The molecule has 25 heavy (non-hydrogen) atoms. The number of methoxy groups -OCH3 is 1. The number of rotatable bonds is 4. The molecule has 0 aliphatic carbocycles. The Kier molecular flexibility index (Phi) is 3.96. The normalized spacial score (nSPS) is 12.2. The van der Waals surface area contributed by atoms with Crippen molar-refractivity contribution >= 4 is 11.0 Å². The van der Waals surface area contributed by atoms with E-state index in [1.54, 1.807) is 13.3 Å². The van der Waals surface area contributed by atoms with Crippen molar-refractivity contribution in [1.82, 2.24) is 4.98 Å². The molecule has 124 valence electrons. The van der Waals surface area contributed by atoms with E-state index in [4.69, 9.17) is 14.9 Å². The van der Waals surface area contributed by atoms with Crippen LogP contribution in [0.4, 0.5) is 0 Å². The fourth-order valence-corrected chi connectivity index (χ4v) is 2.96. The van der Waals surface area contributed by atoms with E-state index in [0.29, 0.717) is 11.6 Å². The lowest BCUT2D eigenvalue weighted by Gasteiger charge is -2.14. The van der Waals surface area contributed by atoms with Crippen molar-refractivity contribution in [2.75, 3.05) is 7.11 Å². The zero-order valence-electron chi connectivity index (χ0n) is 13.8. The van der Waals surface area contributed by atoms with Crippen LogP contribution in [0.2, 0.25) is 0 Å². The summed E-state index contributed by atoms with van der Waals surface area (Å²) in [6.07, 6.45) is 1.79. The quantitative estimate of drug-likeness (QED) is 0.596. The standard InChI is InChI=1S/C21H18N2O2/c1-24-21-17(11-16(13-23-21)14-7-3-2-4-8-14)20(22)19-12-15-9-5-6-10-18(15)25-19/h2-13,20H,22H2,1H3. The topological polar surface area (TPSA) is 61.3 Å². The van der Waals surface area contributed by atoms with Gasteiger partial charge in [-0.15, -0.1) is 0 Å². The second-order valence-electron chi connectivity index (χ2n) is 5.85. The summed E-state index contributed by atoms with van der Waals surface area (Å²) in [5.41, 5.74) is 10.2. The van der Waals surface area contributed by atoms with E-state index >= 15 is 0 Å². The van der Waals surface area contributed by atoms with Gasteiger partial charge in [-0.1, -0.05) is 48.5 Å². The van der Waals surface area contributed by atoms with E-state index < -0.39 is 6.04 Å².